The lowest BCUT2D eigenvalue weighted by atomic mass is 9.94. The van der Waals surface area contributed by atoms with Crippen molar-refractivity contribution in [1.82, 2.24) is 29.2 Å². The van der Waals surface area contributed by atoms with Crippen LogP contribution >= 0.6 is 0 Å². The van der Waals surface area contributed by atoms with Gasteiger partial charge in [-0.25, -0.2) is 4.52 Å². The van der Waals surface area contributed by atoms with Crippen molar-refractivity contribution in [3.8, 4) is 22.9 Å². The van der Waals surface area contributed by atoms with Gasteiger partial charge in [-0.2, -0.15) is 15.5 Å². The fourth-order valence-electron chi connectivity index (χ4n) is 5.28. The third-order valence-corrected chi connectivity index (χ3v) is 7.26. The van der Waals surface area contributed by atoms with Crippen molar-refractivity contribution in [2.45, 2.75) is 31.7 Å². The van der Waals surface area contributed by atoms with Crippen LogP contribution in [0.4, 0.5) is 0 Å². The topological polar surface area (TPSA) is 109 Å². The largest absolute Gasteiger partial charge is 0.494 e. The van der Waals surface area contributed by atoms with E-state index in [-0.39, 0.29) is 23.8 Å². The smallest absolute Gasteiger partial charge is 0.245 e. The van der Waals surface area contributed by atoms with E-state index in [1.54, 1.807) is 16.5 Å². The summed E-state index contributed by atoms with van der Waals surface area (Å²) >= 11 is 0. The average molecular weight is 488 g/mol. The molecule has 10 heteroatoms. The van der Waals surface area contributed by atoms with Gasteiger partial charge in [-0.15, -0.1) is 0 Å². The first-order chi connectivity index (χ1) is 17.5. The lowest BCUT2D eigenvalue weighted by Gasteiger charge is -2.37. The molecule has 0 radical (unpaired) electrons. The van der Waals surface area contributed by atoms with Gasteiger partial charge in [-0.1, -0.05) is 6.58 Å². The molecule has 0 spiro atoms. The number of methoxy groups -OCH3 is 1. The van der Waals surface area contributed by atoms with Crippen LogP contribution in [0, 0.1) is 17.2 Å². The van der Waals surface area contributed by atoms with Crippen molar-refractivity contribution in [2.75, 3.05) is 33.3 Å². The molecule has 3 aromatic heterocycles. The summed E-state index contributed by atoms with van der Waals surface area (Å²) < 4.78 is 9.15. The summed E-state index contributed by atoms with van der Waals surface area (Å²) in [6, 6.07) is 4.24. The first-order valence-corrected chi connectivity index (χ1v) is 12.2. The van der Waals surface area contributed by atoms with E-state index in [0.29, 0.717) is 43.0 Å². The van der Waals surface area contributed by atoms with Gasteiger partial charge in [0.2, 0.25) is 11.8 Å². The molecule has 186 valence electrons. The third-order valence-electron chi connectivity index (χ3n) is 7.26. The summed E-state index contributed by atoms with van der Waals surface area (Å²) in [5.74, 6) is 0.490. The quantitative estimate of drug-likeness (QED) is 0.512. The Labute approximate surface area is 209 Å². The number of piperidine rings is 2. The fraction of sp³-hybridized carbons (Fsp3) is 0.423. The monoisotopic (exact) mass is 487 g/mol. The van der Waals surface area contributed by atoms with Crippen molar-refractivity contribution < 1.29 is 14.3 Å². The number of nitriles is 1. The second-order valence-electron chi connectivity index (χ2n) is 9.35. The summed E-state index contributed by atoms with van der Waals surface area (Å²) in [6.07, 6.45) is 11.9. The maximum absolute atomic E-state index is 13.1. The molecule has 0 aliphatic carbocycles. The number of hydrogen-bond acceptors (Lipinski definition) is 6. The summed E-state index contributed by atoms with van der Waals surface area (Å²) in [7, 11) is 1.58. The van der Waals surface area contributed by atoms with Crippen molar-refractivity contribution >= 4 is 17.3 Å². The van der Waals surface area contributed by atoms with Crippen LogP contribution < -0.4 is 4.74 Å². The number of fused-ring (bicyclic) bond motifs is 1. The molecule has 0 unspecified atom stereocenters. The molecule has 2 saturated heterocycles. The highest BCUT2D eigenvalue weighted by atomic mass is 16.5. The standard InChI is InChI=1S/C26H29N7O3/c1-3-24(34)31-8-4-5-18(15-31)26(35)30-9-6-22(7-10-30)32-17-21(14-28-32)19-11-23(36-2)25-20(12-27)13-29-33(25)16-19/h3,11,13-14,16-18,22H,1,4-10,15H2,2H3/t18-/m0/s1. The molecule has 2 fully saturated rings. The lowest BCUT2D eigenvalue weighted by Crippen LogP contribution is -2.48. The first-order valence-electron chi connectivity index (χ1n) is 12.2. The number of carbonyl (C=O) groups is 2. The summed E-state index contributed by atoms with van der Waals surface area (Å²) in [4.78, 5) is 28.8. The Morgan fingerprint density at radius 1 is 1.11 bits per heavy atom. The highest BCUT2D eigenvalue weighted by molar-refractivity contribution is 5.88. The summed E-state index contributed by atoms with van der Waals surface area (Å²) in [6.45, 7) is 6.08. The Bertz CT molecular complexity index is 1340. The molecule has 0 aromatic carbocycles. The fourth-order valence-corrected chi connectivity index (χ4v) is 5.28. The lowest BCUT2D eigenvalue weighted by molar-refractivity contribution is -0.140. The number of rotatable bonds is 5. The SMILES string of the molecule is C=CC(=O)N1CCC[C@H](C(=O)N2CCC(n3cc(-c4cc(OC)c5c(C#N)cnn5c4)cn3)CC2)C1. The number of hydrogen-bond donors (Lipinski definition) is 0. The Morgan fingerprint density at radius 2 is 1.92 bits per heavy atom. The molecular formula is C26H29N7O3. The van der Waals surface area contributed by atoms with E-state index in [4.69, 9.17) is 4.74 Å². The molecule has 2 amide bonds. The highest BCUT2D eigenvalue weighted by Gasteiger charge is 2.33. The zero-order chi connectivity index (χ0) is 25.2. The van der Waals surface area contributed by atoms with Gasteiger partial charge in [0.05, 0.1) is 31.5 Å². The van der Waals surface area contributed by atoms with Crippen LogP contribution in [-0.2, 0) is 9.59 Å². The molecular weight excluding hydrogens is 458 g/mol. The zero-order valence-electron chi connectivity index (χ0n) is 20.3. The predicted octanol–water partition coefficient (Wildman–Crippen LogP) is 2.67. The van der Waals surface area contributed by atoms with Gasteiger partial charge < -0.3 is 14.5 Å². The van der Waals surface area contributed by atoms with E-state index in [9.17, 15) is 14.9 Å². The van der Waals surface area contributed by atoms with Gasteiger partial charge in [-0.3, -0.25) is 14.3 Å². The third kappa shape index (κ3) is 4.33. The van der Waals surface area contributed by atoms with Crippen LogP contribution in [0.15, 0.2) is 43.5 Å². The zero-order valence-corrected chi connectivity index (χ0v) is 20.3. The molecule has 2 aliphatic heterocycles. The number of aromatic nitrogens is 4. The minimum absolute atomic E-state index is 0.101. The second kappa shape index (κ2) is 9.85. The van der Waals surface area contributed by atoms with Crippen molar-refractivity contribution in [2.24, 2.45) is 5.92 Å². The molecule has 10 nitrogen and oxygen atoms in total. The molecule has 0 N–H and O–H groups in total. The molecule has 36 heavy (non-hydrogen) atoms. The number of nitrogens with zero attached hydrogens (tertiary/aromatic N) is 7. The number of amides is 2. The van der Waals surface area contributed by atoms with Crippen molar-refractivity contribution in [3.05, 3.63) is 49.1 Å². The molecule has 5 heterocycles. The Hall–Kier alpha value is -4.13. The summed E-state index contributed by atoms with van der Waals surface area (Å²) in [5.41, 5.74) is 2.92. The first kappa shape index (κ1) is 23.6. The Morgan fingerprint density at radius 3 is 2.64 bits per heavy atom. The van der Waals surface area contributed by atoms with E-state index in [0.717, 1.165) is 36.8 Å². The van der Waals surface area contributed by atoms with Crippen molar-refractivity contribution in [1.29, 1.82) is 5.26 Å². The average Bonchev–Trinajstić information content (AvgIpc) is 3.59. The van der Waals surface area contributed by atoms with E-state index in [2.05, 4.69) is 22.8 Å². The second-order valence-corrected chi connectivity index (χ2v) is 9.35. The van der Waals surface area contributed by atoms with E-state index < -0.39 is 0 Å². The molecule has 1 atom stereocenters. The minimum atomic E-state index is -0.135. The number of carbonyl (C=O) groups excluding carboxylic acids is 2. The van der Waals surface area contributed by atoms with Gasteiger partial charge >= 0.3 is 0 Å². The molecule has 5 rings (SSSR count). The number of ether oxygens (including phenoxy) is 1. The summed E-state index contributed by atoms with van der Waals surface area (Å²) in [5, 5.41) is 18.2. The molecule has 0 bridgehead atoms. The molecule has 2 aliphatic rings. The van der Waals surface area contributed by atoms with Crippen LogP contribution in [0.25, 0.3) is 16.6 Å². The van der Waals surface area contributed by atoms with Gasteiger partial charge in [0.1, 0.15) is 22.9 Å². The Kier molecular flexibility index (Phi) is 6.46. The van der Waals surface area contributed by atoms with Crippen LogP contribution in [0.3, 0.4) is 0 Å². The number of likely N-dealkylation sites (tertiary alicyclic amines) is 2. The normalized spacial score (nSPS) is 18.7. The predicted molar refractivity (Wildman–Crippen MR) is 132 cm³/mol. The minimum Gasteiger partial charge on any atom is -0.494 e. The van der Waals surface area contributed by atoms with Gasteiger partial charge in [0.15, 0.2) is 0 Å². The Balaban J connectivity index is 1.25. The van der Waals surface area contributed by atoms with E-state index in [1.165, 1.54) is 12.3 Å². The van der Waals surface area contributed by atoms with E-state index >= 15 is 0 Å². The van der Waals surface area contributed by atoms with Gasteiger partial charge in [-0.05, 0) is 37.8 Å². The maximum atomic E-state index is 13.1. The van der Waals surface area contributed by atoms with Gasteiger partial charge in [0.25, 0.3) is 0 Å². The van der Waals surface area contributed by atoms with Crippen LogP contribution in [0.1, 0.15) is 37.3 Å². The molecule has 0 saturated carbocycles. The van der Waals surface area contributed by atoms with E-state index in [1.807, 2.05) is 34.2 Å². The van der Waals surface area contributed by atoms with Crippen molar-refractivity contribution in [3.63, 3.8) is 0 Å². The maximum Gasteiger partial charge on any atom is 0.245 e. The highest BCUT2D eigenvalue weighted by Crippen LogP contribution is 2.31. The van der Waals surface area contributed by atoms with Crippen LogP contribution in [-0.4, -0.2) is 74.3 Å². The number of pyridine rings is 1. The van der Waals surface area contributed by atoms with Crippen LogP contribution in [0.5, 0.6) is 5.75 Å². The van der Waals surface area contributed by atoms with Crippen LogP contribution in [0.2, 0.25) is 0 Å². The molecule has 3 aromatic rings. The van der Waals surface area contributed by atoms with Gasteiger partial charge in [0, 0.05) is 49.7 Å².